The van der Waals surface area contributed by atoms with Crippen LogP contribution < -0.4 is 10.1 Å². The van der Waals surface area contributed by atoms with Gasteiger partial charge >= 0.3 is 0 Å². The maximum atomic E-state index is 11.5. The summed E-state index contributed by atoms with van der Waals surface area (Å²) >= 11 is 12.6. The molecule has 0 unspecified atom stereocenters. The molecular formula is C10H8Cl2N4O2S. The second-order valence-corrected chi connectivity index (χ2v) is 4.96. The number of aromatic nitrogens is 3. The van der Waals surface area contributed by atoms with Gasteiger partial charge in [0.15, 0.2) is 0 Å². The van der Waals surface area contributed by atoms with Gasteiger partial charge in [-0.3, -0.25) is 4.79 Å². The molecule has 0 aromatic carbocycles. The molecule has 0 fully saturated rings. The van der Waals surface area contributed by atoms with Crippen molar-refractivity contribution in [2.24, 2.45) is 0 Å². The zero-order chi connectivity index (χ0) is 13.7. The Morgan fingerprint density at radius 1 is 1.42 bits per heavy atom. The summed E-state index contributed by atoms with van der Waals surface area (Å²) in [5.41, 5.74) is 0. The van der Waals surface area contributed by atoms with E-state index in [0.29, 0.717) is 21.5 Å². The first kappa shape index (κ1) is 14.0. The molecule has 0 aliphatic rings. The minimum absolute atomic E-state index is 0.242. The van der Waals surface area contributed by atoms with Crippen LogP contribution >= 0.6 is 34.7 Å². The molecule has 0 radical (unpaired) electrons. The lowest BCUT2D eigenvalue weighted by Gasteiger charge is -2.07. The van der Waals surface area contributed by atoms with Crippen LogP contribution in [0.5, 0.6) is 5.88 Å². The number of carbonyl (C=O) groups is 1. The van der Waals surface area contributed by atoms with Crippen molar-refractivity contribution in [2.45, 2.75) is 0 Å². The molecule has 2 aromatic heterocycles. The Bertz CT molecular complexity index is 565. The molecule has 0 aliphatic carbocycles. The number of nitrogens with zero attached hydrogens (tertiary/aromatic N) is 3. The smallest absolute Gasteiger partial charge is 0.264 e. The Labute approximate surface area is 122 Å². The number of hydrogen-bond donors (Lipinski definition) is 1. The number of halogens is 2. The molecule has 19 heavy (non-hydrogen) atoms. The van der Waals surface area contributed by atoms with Gasteiger partial charge < -0.3 is 10.1 Å². The van der Waals surface area contributed by atoms with Gasteiger partial charge in [-0.1, -0.05) is 27.7 Å². The van der Waals surface area contributed by atoms with Crippen molar-refractivity contribution in [1.29, 1.82) is 0 Å². The normalized spacial score (nSPS) is 10.2. The van der Waals surface area contributed by atoms with E-state index in [1.54, 1.807) is 0 Å². The zero-order valence-corrected chi connectivity index (χ0v) is 11.8. The van der Waals surface area contributed by atoms with Gasteiger partial charge in [0.25, 0.3) is 5.91 Å². The number of pyridine rings is 1. The van der Waals surface area contributed by atoms with E-state index in [2.05, 4.69) is 19.9 Å². The van der Waals surface area contributed by atoms with Crippen molar-refractivity contribution in [1.82, 2.24) is 19.9 Å². The number of ether oxygens (including phenoxy) is 1. The van der Waals surface area contributed by atoms with Crippen molar-refractivity contribution >= 4 is 40.6 Å². The minimum atomic E-state index is -0.242. The third-order valence-electron chi connectivity index (χ3n) is 1.99. The Kier molecular flexibility index (Phi) is 4.89. The van der Waals surface area contributed by atoms with Gasteiger partial charge in [-0.05, 0) is 17.6 Å². The highest BCUT2D eigenvalue weighted by Gasteiger charge is 2.08. The second-order valence-electron chi connectivity index (χ2n) is 3.33. The topological polar surface area (TPSA) is 77.0 Å². The Hall–Kier alpha value is -1.44. The van der Waals surface area contributed by atoms with Crippen molar-refractivity contribution < 1.29 is 9.53 Å². The molecule has 0 bridgehead atoms. The van der Waals surface area contributed by atoms with Gasteiger partial charge in [-0.2, -0.15) is 0 Å². The van der Waals surface area contributed by atoms with Crippen LogP contribution in [-0.2, 0) is 0 Å². The molecule has 0 saturated carbocycles. The third-order valence-corrected chi connectivity index (χ3v) is 3.13. The van der Waals surface area contributed by atoms with Crippen LogP contribution in [0.3, 0.4) is 0 Å². The molecule has 9 heteroatoms. The molecule has 1 amide bonds. The lowest BCUT2D eigenvalue weighted by atomic mass is 10.5. The van der Waals surface area contributed by atoms with E-state index in [9.17, 15) is 4.79 Å². The monoisotopic (exact) mass is 318 g/mol. The van der Waals surface area contributed by atoms with Crippen LogP contribution in [0, 0.1) is 0 Å². The highest BCUT2D eigenvalue weighted by atomic mass is 35.5. The highest BCUT2D eigenvalue weighted by Crippen LogP contribution is 2.24. The fourth-order valence-corrected chi connectivity index (χ4v) is 2.04. The van der Waals surface area contributed by atoms with Crippen molar-refractivity contribution in [3.05, 3.63) is 33.4 Å². The van der Waals surface area contributed by atoms with E-state index < -0.39 is 0 Å². The van der Waals surface area contributed by atoms with E-state index >= 15 is 0 Å². The number of nitrogens with one attached hydrogen (secondary N) is 1. The first-order chi connectivity index (χ1) is 9.16. The predicted octanol–water partition coefficient (Wildman–Crippen LogP) is 2.05. The van der Waals surface area contributed by atoms with Crippen molar-refractivity contribution in [2.75, 3.05) is 13.2 Å². The lowest BCUT2D eigenvalue weighted by molar-refractivity contribution is 0.0950. The van der Waals surface area contributed by atoms with Crippen LogP contribution in [-0.4, -0.2) is 33.6 Å². The van der Waals surface area contributed by atoms with Crippen molar-refractivity contribution in [3.8, 4) is 5.88 Å². The molecule has 1 N–H and O–H groups in total. The SMILES string of the molecule is O=C(NCCOc1ncc(Cl)cc1Cl)c1cnns1. The Morgan fingerprint density at radius 3 is 2.95 bits per heavy atom. The van der Waals surface area contributed by atoms with Gasteiger partial charge in [0.2, 0.25) is 5.88 Å². The fourth-order valence-electron chi connectivity index (χ4n) is 1.17. The lowest BCUT2D eigenvalue weighted by Crippen LogP contribution is -2.27. The second kappa shape index (κ2) is 6.65. The molecule has 0 saturated heterocycles. The fraction of sp³-hybridized carbons (Fsp3) is 0.200. The maximum Gasteiger partial charge on any atom is 0.264 e. The maximum absolute atomic E-state index is 11.5. The summed E-state index contributed by atoms with van der Waals surface area (Å²) in [6, 6.07) is 1.53. The molecule has 2 heterocycles. The summed E-state index contributed by atoms with van der Waals surface area (Å²) in [6.07, 6.45) is 2.84. The van der Waals surface area contributed by atoms with Crippen LogP contribution in [0.1, 0.15) is 9.67 Å². The molecule has 0 atom stereocenters. The summed E-state index contributed by atoms with van der Waals surface area (Å²) in [7, 11) is 0. The van der Waals surface area contributed by atoms with Gasteiger partial charge in [0.1, 0.15) is 16.5 Å². The van der Waals surface area contributed by atoms with Crippen LogP contribution in [0.2, 0.25) is 10.0 Å². The van der Waals surface area contributed by atoms with Crippen LogP contribution in [0.4, 0.5) is 0 Å². The average molecular weight is 319 g/mol. The zero-order valence-electron chi connectivity index (χ0n) is 9.47. The van der Waals surface area contributed by atoms with Gasteiger partial charge in [0, 0.05) is 6.20 Å². The molecule has 100 valence electrons. The van der Waals surface area contributed by atoms with E-state index in [1.807, 2.05) is 0 Å². The average Bonchev–Trinajstić information content (AvgIpc) is 2.90. The summed E-state index contributed by atoms with van der Waals surface area (Å²) < 4.78 is 8.91. The summed E-state index contributed by atoms with van der Waals surface area (Å²) in [6.45, 7) is 0.559. The van der Waals surface area contributed by atoms with Crippen LogP contribution in [0.15, 0.2) is 18.5 Å². The number of amides is 1. The third kappa shape index (κ3) is 4.02. The van der Waals surface area contributed by atoms with Crippen LogP contribution in [0.25, 0.3) is 0 Å². The van der Waals surface area contributed by atoms with E-state index in [4.69, 9.17) is 27.9 Å². The number of carbonyl (C=O) groups excluding carboxylic acids is 1. The molecule has 2 aromatic rings. The number of hydrogen-bond acceptors (Lipinski definition) is 6. The van der Waals surface area contributed by atoms with Gasteiger partial charge in [-0.15, -0.1) is 5.10 Å². The van der Waals surface area contributed by atoms with E-state index in [-0.39, 0.29) is 18.4 Å². The molecule has 0 spiro atoms. The molecule has 2 rings (SSSR count). The Morgan fingerprint density at radius 2 is 2.26 bits per heavy atom. The Balaban J connectivity index is 1.76. The number of rotatable bonds is 5. The van der Waals surface area contributed by atoms with Crippen molar-refractivity contribution in [3.63, 3.8) is 0 Å². The molecular weight excluding hydrogens is 311 g/mol. The summed E-state index contributed by atoms with van der Waals surface area (Å²) in [5.74, 6) is 0.0357. The summed E-state index contributed by atoms with van der Waals surface area (Å²) in [4.78, 5) is 15.9. The molecule has 0 aliphatic heterocycles. The quantitative estimate of drug-likeness (QED) is 0.854. The summed E-state index contributed by atoms with van der Waals surface area (Å²) in [5, 5.41) is 6.99. The minimum Gasteiger partial charge on any atom is -0.475 e. The first-order valence-electron chi connectivity index (χ1n) is 5.16. The van der Waals surface area contributed by atoms with E-state index in [1.165, 1.54) is 18.5 Å². The van der Waals surface area contributed by atoms with E-state index in [0.717, 1.165) is 11.5 Å². The molecule has 6 nitrogen and oxygen atoms in total. The highest BCUT2D eigenvalue weighted by molar-refractivity contribution is 7.07. The predicted molar refractivity (Wildman–Crippen MR) is 72.0 cm³/mol. The van der Waals surface area contributed by atoms with Gasteiger partial charge in [-0.25, -0.2) is 4.98 Å². The first-order valence-corrected chi connectivity index (χ1v) is 6.69. The van der Waals surface area contributed by atoms with Gasteiger partial charge in [0.05, 0.1) is 17.8 Å². The standard InChI is InChI=1S/C10H8Cl2N4O2S/c11-6-3-7(12)10(14-4-6)18-2-1-13-9(17)8-5-15-16-19-8/h3-5H,1-2H2,(H,13,17). The largest absolute Gasteiger partial charge is 0.475 e.